The van der Waals surface area contributed by atoms with E-state index in [1.54, 1.807) is 7.11 Å². The van der Waals surface area contributed by atoms with Crippen LogP contribution in [-0.2, 0) is 24.1 Å². The van der Waals surface area contributed by atoms with E-state index in [-0.39, 0.29) is 12.5 Å². The molecule has 0 saturated heterocycles. The standard InChI is InChI=1S/C21H24N2O3/c1-26-18-5-2-15(3-6-18)13-21(25)22-10-8-16-4-7-20-19(12-16)17(9-11-24)14-23-20/h2-7,12,14,23-24H,8-11,13H2,1H3,(H,22,25). The predicted octanol–water partition coefficient (Wildman–Crippen LogP) is 2.61. The first-order valence-corrected chi connectivity index (χ1v) is 8.79. The Hall–Kier alpha value is -2.79. The molecule has 1 heterocycles. The van der Waals surface area contributed by atoms with E-state index in [0.717, 1.165) is 34.2 Å². The van der Waals surface area contributed by atoms with Crippen molar-refractivity contribution in [3.63, 3.8) is 0 Å². The number of carbonyl (C=O) groups is 1. The third-order valence-corrected chi connectivity index (χ3v) is 4.47. The number of aromatic amines is 1. The molecule has 26 heavy (non-hydrogen) atoms. The van der Waals surface area contributed by atoms with Crippen molar-refractivity contribution in [3.05, 3.63) is 65.4 Å². The lowest BCUT2D eigenvalue weighted by atomic mass is 10.1. The summed E-state index contributed by atoms with van der Waals surface area (Å²) in [6.07, 6.45) is 3.72. The first-order valence-electron chi connectivity index (χ1n) is 8.79. The number of rotatable bonds is 8. The third-order valence-electron chi connectivity index (χ3n) is 4.47. The van der Waals surface area contributed by atoms with Gasteiger partial charge in [-0.1, -0.05) is 18.2 Å². The van der Waals surface area contributed by atoms with Crippen LogP contribution in [0.15, 0.2) is 48.7 Å². The average Bonchev–Trinajstić information content (AvgIpc) is 3.05. The Morgan fingerprint density at radius 1 is 1.12 bits per heavy atom. The van der Waals surface area contributed by atoms with Crippen molar-refractivity contribution >= 4 is 16.8 Å². The Labute approximate surface area is 153 Å². The zero-order valence-electron chi connectivity index (χ0n) is 14.9. The smallest absolute Gasteiger partial charge is 0.224 e. The van der Waals surface area contributed by atoms with Gasteiger partial charge < -0.3 is 20.1 Å². The minimum Gasteiger partial charge on any atom is -0.497 e. The lowest BCUT2D eigenvalue weighted by molar-refractivity contribution is -0.120. The fourth-order valence-electron chi connectivity index (χ4n) is 3.05. The number of hydrogen-bond acceptors (Lipinski definition) is 3. The summed E-state index contributed by atoms with van der Waals surface area (Å²) in [4.78, 5) is 15.3. The summed E-state index contributed by atoms with van der Waals surface area (Å²) >= 11 is 0. The highest BCUT2D eigenvalue weighted by Gasteiger charge is 2.06. The zero-order chi connectivity index (χ0) is 18.4. The number of H-pyrrole nitrogens is 1. The van der Waals surface area contributed by atoms with Gasteiger partial charge in [0.15, 0.2) is 0 Å². The van der Waals surface area contributed by atoms with Gasteiger partial charge in [0.2, 0.25) is 5.91 Å². The Bertz CT molecular complexity index is 869. The molecule has 0 atom stereocenters. The minimum atomic E-state index is 0.0128. The molecule has 0 saturated carbocycles. The summed E-state index contributed by atoms with van der Waals surface area (Å²) in [7, 11) is 1.62. The molecule has 0 spiro atoms. The number of aromatic nitrogens is 1. The van der Waals surface area contributed by atoms with Gasteiger partial charge in [-0.25, -0.2) is 0 Å². The Kier molecular flexibility index (Phi) is 5.92. The van der Waals surface area contributed by atoms with Gasteiger partial charge in [-0.2, -0.15) is 0 Å². The van der Waals surface area contributed by atoms with E-state index in [9.17, 15) is 4.79 Å². The van der Waals surface area contributed by atoms with Gasteiger partial charge in [-0.15, -0.1) is 0 Å². The monoisotopic (exact) mass is 352 g/mol. The van der Waals surface area contributed by atoms with Crippen molar-refractivity contribution in [1.29, 1.82) is 0 Å². The molecule has 3 N–H and O–H groups in total. The van der Waals surface area contributed by atoms with Crippen LogP contribution < -0.4 is 10.1 Å². The fourth-order valence-corrected chi connectivity index (χ4v) is 3.05. The second-order valence-electron chi connectivity index (χ2n) is 6.29. The van der Waals surface area contributed by atoms with Gasteiger partial charge in [0.1, 0.15) is 5.75 Å². The molecule has 3 aromatic rings. The van der Waals surface area contributed by atoms with Gasteiger partial charge in [-0.3, -0.25) is 4.79 Å². The van der Waals surface area contributed by atoms with Gasteiger partial charge in [0, 0.05) is 30.3 Å². The molecule has 1 aromatic heterocycles. The largest absolute Gasteiger partial charge is 0.497 e. The first kappa shape index (κ1) is 18.0. The van der Waals surface area contributed by atoms with Gasteiger partial charge in [-0.05, 0) is 53.8 Å². The number of fused-ring (bicyclic) bond motifs is 1. The van der Waals surface area contributed by atoms with Crippen molar-refractivity contribution < 1.29 is 14.6 Å². The van der Waals surface area contributed by atoms with E-state index < -0.39 is 0 Å². The maximum Gasteiger partial charge on any atom is 0.224 e. The molecule has 2 aromatic carbocycles. The summed E-state index contributed by atoms with van der Waals surface area (Å²) in [5, 5.41) is 13.3. The van der Waals surface area contributed by atoms with Gasteiger partial charge in [0.25, 0.3) is 0 Å². The van der Waals surface area contributed by atoms with Crippen LogP contribution >= 0.6 is 0 Å². The van der Waals surface area contributed by atoms with Crippen LogP contribution in [0.5, 0.6) is 5.75 Å². The molecule has 0 aliphatic rings. The summed E-state index contributed by atoms with van der Waals surface area (Å²) in [6, 6.07) is 13.8. The number of methoxy groups -OCH3 is 1. The zero-order valence-corrected chi connectivity index (χ0v) is 14.9. The number of amides is 1. The number of hydrogen-bond donors (Lipinski definition) is 3. The van der Waals surface area contributed by atoms with Crippen LogP contribution in [0.1, 0.15) is 16.7 Å². The van der Waals surface area contributed by atoms with Gasteiger partial charge >= 0.3 is 0 Å². The molecule has 0 aliphatic heterocycles. The van der Waals surface area contributed by atoms with E-state index >= 15 is 0 Å². The lowest BCUT2D eigenvalue weighted by Gasteiger charge is -2.07. The van der Waals surface area contributed by atoms with Crippen LogP contribution in [-0.4, -0.2) is 36.3 Å². The fraction of sp³-hybridized carbons (Fsp3) is 0.286. The maximum atomic E-state index is 12.1. The first-order chi connectivity index (χ1) is 12.7. The molecular formula is C21H24N2O3. The molecule has 3 rings (SSSR count). The molecule has 0 radical (unpaired) electrons. The number of aliphatic hydroxyl groups is 1. The Balaban J connectivity index is 1.52. The van der Waals surface area contributed by atoms with Crippen LogP contribution in [0.3, 0.4) is 0 Å². The highest BCUT2D eigenvalue weighted by molar-refractivity contribution is 5.84. The predicted molar refractivity (Wildman–Crippen MR) is 103 cm³/mol. The van der Waals surface area contributed by atoms with E-state index in [1.807, 2.05) is 36.5 Å². The quantitative estimate of drug-likeness (QED) is 0.583. The van der Waals surface area contributed by atoms with Crippen molar-refractivity contribution in [1.82, 2.24) is 10.3 Å². The van der Waals surface area contributed by atoms with Crippen LogP contribution in [0.2, 0.25) is 0 Å². The molecule has 0 fully saturated rings. The molecule has 5 heteroatoms. The van der Waals surface area contributed by atoms with Crippen molar-refractivity contribution in [2.45, 2.75) is 19.3 Å². The minimum absolute atomic E-state index is 0.0128. The highest BCUT2D eigenvalue weighted by Crippen LogP contribution is 2.20. The number of aliphatic hydroxyl groups excluding tert-OH is 1. The second-order valence-corrected chi connectivity index (χ2v) is 6.29. The third kappa shape index (κ3) is 4.43. The second kappa shape index (κ2) is 8.54. The van der Waals surface area contributed by atoms with E-state index in [0.29, 0.717) is 19.4 Å². The number of ether oxygens (including phenoxy) is 1. The van der Waals surface area contributed by atoms with E-state index in [1.165, 1.54) is 5.56 Å². The van der Waals surface area contributed by atoms with Crippen LogP contribution in [0, 0.1) is 0 Å². The number of carbonyl (C=O) groups excluding carboxylic acids is 1. The number of nitrogens with one attached hydrogen (secondary N) is 2. The van der Waals surface area contributed by atoms with Crippen molar-refractivity contribution in [2.75, 3.05) is 20.3 Å². The molecule has 1 amide bonds. The SMILES string of the molecule is COc1ccc(CC(=O)NCCc2ccc3[nH]cc(CCO)c3c2)cc1. The number of benzene rings is 2. The Morgan fingerprint density at radius 2 is 1.88 bits per heavy atom. The summed E-state index contributed by atoms with van der Waals surface area (Å²) in [5.74, 6) is 0.800. The molecule has 136 valence electrons. The molecule has 0 aliphatic carbocycles. The van der Waals surface area contributed by atoms with Crippen LogP contribution in [0.25, 0.3) is 10.9 Å². The normalized spacial score (nSPS) is 10.8. The average molecular weight is 352 g/mol. The van der Waals surface area contributed by atoms with Crippen molar-refractivity contribution in [2.24, 2.45) is 0 Å². The molecular weight excluding hydrogens is 328 g/mol. The lowest BCUT2D eigenvalue weighted by Crippen LogP contribution is -2.27. The van der Waals surface area contributed by atoms with E-state index in [2.05, 4.69) is 22.4 Å². The Morgan fingerprint density at radius 3 is 2.62 bits per heavy atom. The van der Waals surface area contributed by atoms with Gasteiger partial charge in [0.05, 0.1) is 13.5 Å². The topological polar surface area (TPSA) is 74.3 Å². The molecule has 0 unspecified atom stereocenters. The highest BCUT2D eigenvalue weighted by atomic mass is 16.5. The van der Waals surface area contributed by atoms with E-state index in [4.69, 9.17) is 9.84 Å². The summed E-state index contributed by atoms with van der Waals surface area (Å²) in [6.45, 7) is 0.735. The van der Waals surface area contributed by atoms with Crippen LogP contribution in [0.4, 0.5) is 0 Å². The molecule has 5 nitrogen and oxygen atoms in total. The van der Waals surface area contributed by atoms with Crippen molar-refractivity contribution in [3.8, 4) is 5.75 Å². The summed E-state index contributed by atoms with van der Waals surface area (Å²) < 4.78 is 5.12. The maximum absolute atomic E-state index is 12.1. The summed E-state index contributed by atoms with van der Waals surface area (Å²) in [5.41, 5.74) is 4.32. The molecule has 0 bridgehead atoms.